The molecule has 17 heavy (non-hydrogen) atoms. The number of nitrogens with two attached hydrogens (primary N) is 1. The van der Waals surface area contributed by atoms with E-state index in [0.29, 0.717) is 5.56 Å². The Labute approximate surface area is 96.3 Å². The van der Waals surface area contributed by atoms with E-state index < -0.39 is 11.5 Å². The highest BCUT2D eigenvalue weighted by Gasteiger charge is 2.15. The van der Waals surface area contributed by atoms with Crippen LogP contribution in [-0.2, 0) is 6.42 Å². The average molecular weight is 246 g/mol. The van der Waals surface area contributed by atoms with Crippen molar-refractivity contribution >= 4 is 5.69 Å². The fourth-order valence-corrected chi connectivity index (χ4v) is 1.40. The molecule has 1 aromatic carbocycles. The van der Waals surface area contributed by atoms with Crippen LogP contribution in [0.5, 0.6) is 5.75 Å². The van der Waals surface area contributed by atoms with Crippen molar-refractivity contribution in [1.29, 1.82) is 0 Å². The van der Waals surface area contributed by atoms with E-state index in [-0.39, 0.29) is 23.9 Å². The third-order valence-electron chi connectivity index (χ3n) is 2.01. The Kier molecular flexibility index (Phi) is 4.33. The van der Waals surface area contributed by atoms with Crippen LogP contribution in [0.25, 0.3) is 0 Å². The average Bonchev–Trinajstić information content (AvgIpc) is 2.18. The van der Waals surface area contributed by atoms with Crippen LogP contribution in [0.2, 0.25) is 0 Å². The summed E-state index contributed by atoms with van der Waals surface area (Å²) in [5.74, 6) is -0.0806. The molecule has 0 bridgehead atoms. The summed E-state index contributed by atoms with van der Waals surface area (Å²) in [6, 6.07) is 3.16. The van der Waals surface area contributed by atoms with Crippen molar-refractivity contribution in [2.75, 3.05) is 0 Å². The van der Waals surface area contributed by atoms with Crippen molar-refractivity contribution < 1.29 is 18.4 Å². The standard InChI is InChI=1S/C10H12F2N2O3/c1-6(13)4-7-5-8(14(15)16)2-3-9(7)17-10(11)12/h2-3,5-6,10H,4,13H2,1H3. The highest BCUT2D eigenvalue weighted by atomic mass is 19.3. The minimum absolute atomic E-state index is 0.0806. The fourth-order valence-electron chi connectivity index (χ4n) is 1.40. The van der Waals surface area contributed by atoms with Crippen LogP contribution in [0.15, 0.2) is 18.2 Å². The van der Waals surface area contributed by atoms with Gasteiger partial charge in [0.15, 0.2) is 0 Å². The summed E-state index contributed by atoms with van der Waals surface area (Å²) in [6.45, 7) is -1.30. The Bertz CT molecular complexity index is 411. The summed E-state index contributed by atoms with van der Waals surface area (Å²) in [6.07, 6.45) is 0.226. The van der Waals surface area contributed by atoms with Gasteiger partial charge >= 0.3 is 6.61 Å². The van der Waals surface area contributed by atoms with Gasteiger partial charge < -0.3 is 10.5 Å². The summed E-state index contributed by atoms with van der Waals surface area (Å²) < 4.78 is 28.5. The molecule has 5 nitrogen and oxygen atoms in total. The Morgan fingerprint density at radius 2 is 2.18 bits per heavy atom. The van der Waals surface area contributed by atoms with E-state index in [9.17, 15) is 18.9 Å². The molecule has 7 heteroatoms. The molecule has 0 radical (unpaired) electrons. The Balaban J connectivity index is 3.07. The molecule has 0 heterocycles. The molecule has 0 spiro atoms. The molecule has 0 aliphatic rings. The first kappa shape index (κ1) is 13.3. The third kappa shape index (κ3) is 3.95. The monoisotopic (exact) mass is 246 g/mol. The van der Waals surface area contributed by atoms with E-state index in [4.69, 9.17) is 5.73 Å². The topological polar surface area (TPSA) is 78.4 Å². The van der Waals surface area contributed by atoms with Gasteiger partial charge in [-0.05, 0) is 19.4 Å². The van der Waals surface area contributed by atoms with E-state index in [1.54, 1.807) is 6.92 Å². The first-order valence-corrected chi connectivity index (χ1v) is 4.88. The summed E-state index contributed by atoms with van der Waals surface area (Å²) in [5.41, 5.74) is 5.66. The van der Waals surface area contributed by atoms with E-state index in [2.05, 4.69) is 4.74 Å². The Morgan fingerprint density at radius 3 is 2.65 bits per heavy atom. The number of hydrogen-bond acceptors (Lipinski definition) is 4. The van der Waals surface area contributed by atoms with Crippen LogP contribution >= 0.6 is 0 Å². The fraction of sp³-hybridized carbons (Fsp3) is 0.400. The number of nitro benzene ring substituents is 1. The first-order chi connectivity index (χ1) is 7.90. The SMILES string of the molecule is CC(N)Cc1cc([N+](=O)[O-])ccc1OC(F)F. The van der Waals surface area contributed by atoms with E-state index in [0.717, 1.165) is 12.1 Å². The van der Waals surface area contributed by atoms with E-state index >= 15 is 0 Å². The lowest BCUT2D eigenvalue weighted by molar-refractivity contribution is -0.385. The van der Waals surface area contributed by atoms with Gasteiger partial charge in [0.1, 0.15) is 5.75 Å². The zero-order chi connectivity index (χ0) is 13.0. The van der Waals surface area contributed by atoms with Gasteiger partial charge in [-0.25, -0.2) is 0 Å². The number of nitro groups is 1. The van der Waals surface area contributed by atoms with Gasteiger partial charge in [-0.2, -0.15) is 8.78 Å². The van der Waals surface area contributed by atoms with Crippen molar-refractivity contribution in [1.82, 2.24) is 0 Å². The maximum atomic E-state index is 12.1. The van der Waals surface area contributed by atoms with E-state index in [1.165, 1.54) is 6.07 Å². The Hall–Kier alpha value is -1.76. The van der Waals surface area contributed by atoms with Gasteiger partial charge in [-0.1, -0.05) is 0 Å². The van der Waals surface area contributed by atoms with Gasteiger partial charge in [0.25, 0.3) is 5.69 Å². The lowest BCUT2D eigenvalue weighted by Gasteiger charge is -2.12. The number of alkyl halides is 2. The van der Waals surface area contributed by atoms with Crippen LogP contribution in [0.4, 0.5) is 14.5 Å². The number of rotatable bonds is 5. The highest BCUT2D eigenvalue weighted by Crippen LogP contribution is 2.26. The molecule has 0 aliphatic carbocycles. The molecule has 2 N–H and O–H groups in total. The predicted molar refractivity (Wildman–Crippen MR) is 57.1 cm³/mol. The molecular weight excluding hydrogens is 234 g/mol. The number of non-ortho nitro benzene ring substituents is 1. The number of ether oxygens (including phenoxy) is 1. The number of benzene rings is 1. The molecule has 0 saturated heterocycles. The van der Waals surface area contributed by atoms with Crippen LogP contribution < -0.4 is 10.5 Å². The summed E-state index contributed by atoms with van der Waals surface area (Å²) >= 11 is 0. The van der Waals surface area contributed by atoms with Gasteiger partial charge in [0.05, 0.1) is 4.92 Å². The van der Waals surface area contributed by atoms with Crippen LogP contribution in [0.3, 0.4) is 0 Å². The molecule has 94 valence electrons. The predicted octanol–water partition coefficient (Wildman–Crippen LogP) is 2.09. The molecule has 0 aliphatic heterocycles. The van der Waals surface area contributed by atoms with Crippen LogP contribution in [0, 0.1) is 10.1 Å². The van der Waals surface area contributed by atoms with Crippen molar-refractivity contribution in [3.8, 4) is 5.75 Å². The molecule has 0 fully saturated rings. The third-order valence-corrected chi connectivity index (χ3v) is 2.01. The number of nitrogens with zero attached hydrogens (tertiary/aromatic N) is 1. The quantitative estimate of drug-likeness (QED) is 0.637. The second-order valence-corrected chi connectivity index (χ2v) is 3.61. The number of halogens is 2. The maximum absolute atomic E-state index is 12.1. The zero-order valence-electron chi connectivity index (χ0n) is 9.10. The number of hydrogen-bond donors (Lipinski definition) is 1. The van der Waals surface area contributed by atoms with Gasteiger partial charge in [0.2, 0.25) is 0 Å². The molecular formula is C10H12F2N2O3. The minimum Gasteiger partial charge on any atom is -0.435 e. The molecule has 1 atom stereocenters. The normalized spacial score (nSPS) is 12.5. The molecule has 1 unspecified atom stereocenters. The molecule has 1 rings (SSSR count). The van der Waals surface area contributed by atoms with Crippen molar-refractivity contribution in [2.24, 2.45) is 5.73 Å². The largest absolute Gasteiger partial charge is 0.435 e. The van der Waals surface area contributed by atoms with Crippen LogP contribution in [0.1, 0.15) is 12.5 Å². The lowest BCUT2D eigenvalue weighted by Crippen LogP contribution is -2.19. The second kappa shape index (κ2) is 5.53. The summed E-state index contributed by atoms with van der Waals surface area (Å²) in [5, 5.41) is 10.6. The summed E-state index contributed by atoms with van der Waals surface area (Å²) in [4.78, 5) is 9.96. The van der Waals surface area contributed by atoms with Crippen molar-refractivity contribution in [2.45, 2.75) is 26.0 Å². The van der Waals surface area contributed by atoms with Gasteiger partial charge in [0, 0.05) is 23.7 Å². The second-order valence-electron chi connectivity index (χ2n) is 3.61. The van der Waals surface area contributed by atoms with Gasteiger partial charge in [-0.3, -0.25) is 10.1 Å². The smallest absolute Gasteiger partial charge is 0.387 e. The van der Waals surface area contributed by atoms with E-state index in [1.807, 2.05) is 0 Å². The molecule has 0 aromatic heterocycles. The maximum Gasteiger partial charge on any atom is 0.387 e. The highest BCUT2D eigenvalue weighted by molar-refractivity contribution is 5.44. The zero-order valence-corrected chi connectivity index (χ0v) is 9.10. The first-order valence-electron chi connectivity index (χ1n) is 4.88. The molecule has 1 aromatic rings. The molecule has 0 amide bonds. The lowest BCUT2D eigenvalue weighted by atomic mass is 10.1. The van der Waals surface area contributed by atoms with Crippen molar-refractivity contribution in [3.05, 3.63) is 33.9 Å². The van der Waals surface area contributed by atoms with Crippen molar-refractivity contribution in [3.63, 3.8) is 0 Å². The summed E-state index contributed by atoms with van der Waals surface area (Å²) in [7, 11) is 0. The van der Waals surface area contributed by atoms with Gasteiger partial charge in [-0.15, -0.1) is 0 Å². The van der Waals surface area contributed by atoms with Crippen LogP contribution in [-0.4, -0.2) is 17.6 Å². The minimum atomic E-state index is -2.97. The molecule has 0 saturated carbocycles. The Morgan fingerprint density at radius 1 is 1.53 bits per heavy atom.